The number of nitrogens with one attached hydrogen (secondary N) is 1. The number of rotatable bonds is 9. The molecule has 0 unspecified atom stereocenters. The lowest BCUT2D eigenvalue weighted by atomic mass is 9.94. The molecule has 0 spiro atoms. The fourth-order valence-corrected chi connectivity index (χ4v) is 5.24. The number of hydrogen-bond acceptors (Lipinski definition) is 15. The smallest absolute Gasteiger partial charge is 0.394 e. The average Bonchev–Trinajstić information content (AvgIpc) is 2.85. The van der Waals surface area contributed by atoms with Crippen LogP contribution in [0.3, 0.4) is 0 Å². The lowest BCUT2D eigenvalue weighted by Crippen LogP contribution is -2.68. The zero-order chi connectivity index (χ0) is 29.9. The van der Waals surface area contributed by atoms with Gasteiger partial charge in [-0.25, -0.2) is 4.18 Å². The molecule has 0 aromatic rings. The van der Waals surface area contributed by atoms with Crippen molar-refractivity contribution < 1.29 is 71.2 Å². The van der Waals surface area contributed by atoms with E-state index in [1.807, 2.05) is 0 Å². The summed E-state index contributed by atoms with van der Waals surface area (Å²) in [5.41, 5.74) is 9.06. The van der Waals surface area contributed by atoms with Crippen LogP contribution in [0.25, 0.3) is 10.4 Å². The molecule has 0 aliphatic carbocycles. The lowest BCUT2D eigenvalue weighted by molar-refractivity contribution is -0.351. The summed E-state index contributed by atoms with van der Waals surface area (Å²) in [6.07, 6.45) is -19.6. The highest BCUT2D eigenvalue weighted by molar-refractivity contribution is 7.80. The van der Waals surface area contributed by atoms with Gasteiger partial charge in [0.25, 0.3) is 0 Å². The molecule has 3 fully saturated rings. The third kappa shape index (κ3) is 7.75. The predicted octanol–water partition coefficient (Wildman–Crippen LogP) is -3.20. The van der Waals surface area contributed by atoms with Crippen LogP contribution in [0.5, 0.6) is 0 Å². The number of amides is 1. The molecule has 14 atom stereocenters. The van der Waals surface area contributed by atoms with Gasteiger partial charge in [-0.1, -0.05) is 5.11 Å². The highest BCUT2D eigenvalue weighted by Crippen LogP contribution is 2.34. The highest BCUT2D eigenvalue weighted by Gasteiger charge is 2.53. The lowest BCUT2D eigenvalue weighted by Gasteiger charge is -2.49. The quantitative estimate of drug-likeness (QED) is 0.0592. The van der Waals surface area contributed by atoms with Crippen molar-refractivity contribution in [3.63, 3.8) is 0 Å². The Labute approximate surface area is 228 Å². The minimum Gasteiger partial charge on any atom is -0.394 e. The Balaban J connectivity index is 1.99. The van der Waals surface area contributed by atoms with Crippen molar-refractivity contribution in [1.29, 1.82) is 0 Å². The summed E-state index contributed by atoms with van der Waals surface area (Å²) in [6, 6.07) is -1.38. The molecule has 19 nitrogen and oxygen atoms in total. The van der Waals surface area contributed by atoms with Crippen molar-refractivity contribution in [2.75, 3.05) is 6.61 Å². The molecule has 7 N–H and O–H groups in total. The van der Waals surface area contributed by atoms with Crippen molar-refractivity contribution in [3.05, 3.63) is 10.4 Å². The van der Waals surface area contributed by atoms with Gasteiger partial charge in [0.1, 0.15) is 48.8 Å². The van der Waals surface area contributed by atoms with Crippen LogP contribution in [0.4, 0.5) is 0 Å². The van der Waals surface area contributed by atoms with Crippen molar-refractivity contribution in [1.82, 2.24) is 5.32 Å². The van der Waals surface area contributed by atoms with Crippen molar-refractivity contribution >= 4 is 16.3 Å². The monoisotopic (exact) mass is 602 g/mol. The first-order valence-corrected chi connectivity index (χ1v) is 13.6. The molecule has 40 heavy (non-hydrogen) atoms. The molecule has 0 saturated carbocycles. The van der Waals surface area contributed by atoms with Gasteiger partial charge >= 0.3 is 10.4 Å². The van der Waals surface area contributed by atoms with Crippen LogP contribution in [0.2, 0.25) is 0 Å². The molecule has 230 valence electrons. The fraction of sp³-hybridized carbons (Fsp3) is 0.950. The van der Waals surface area contributed by atoms with E-state index in [0.29, 0.717) is 0 Å². The third-order valence-electron chi connectivity index (χ3n) is 6.61. The Morgan fingerprint density at radius 3 is 2.23 bits per heavy atom. The molecule has 3 aliphatic rings. The zero-order valence-corrected chi connectivity index (χ0v) is 22.4. The first-order valence-electron chi connectivity index (χ1n) is 12.2. The molecule has 3 saturated heterocycles. The van der Waals surface area contributed by atoms with Crippen LogP contribution < -0.4 is 5.32 Å². The van der Waals surface area contributed by atoms with E-state index in [1.54, 1.807) is 0 Å². The molecule has 3 aliphatic heterocycles. The maximum absolute atomic E-state index is 12.1. The van der Waals surface area contributed by atoms with Crippen LogP contribution in [0, 0.1) is 0 Å². The van der Waals surface area contributed by atoms with Gasteiger partial charge in [-0.05, 0) is 19.4 Å². The number of hydrogen-bond donors (Lipinski definition) is 7. The van der Waals surface area contributed by atoms with Gasteiger partial charge in [0.15, 0.2) is 18.8 Å². The Morgan fingerprint density at radius 1 is 1.02 bits per heavy atom. The molecule has 0 aromatic heterocycles. The van der Waals surface area contributed by atoms with Gasteiger partial charge < -0.3 is 54.5 Å². The highest BCUT2D eigenvalue weighted by atomic mass is 32.3. The SMILES string of the molecule is CC(=O)N[C@@H]1[C@@H](O[C@@H]2O[C@@H](C)[C@@H](O)[C@@H](O)[C@@H]2O)[C@H](O[C@@H]2O[C@H](C)C[C@H](OS(=O)(=O)O)[C@H]2O)[C@@H](CO)O[C@H]1N=[N+]=[N-]. The minimum atomic E-state index is -4.98. The predicted molar refractivity (Wildman–Crippen MR) is 126 cm³/mol. The average molecular weight is 603 g/mol. The summed E-state index contributed by atoms with van der Waals surface area (Å²) in [5, 5.41) is 57.6. The van der Waals surface area contributed by atoms with E-state index in [9.17, 15) is 38.7 Å². The summed E-state index contributed by atoms with van der Waals surface area (Å²) in [7, 11) is -4.98. The molecule has 0 radical (unpaired) electrons. The van der Waals surface area contributed by atoms with Crippen LogP contribution >= 0.6 is 0 Å². The summed E-state index contributed by atoms with van der Waals surface area (Å²) in [4.78, 5) is 14.7. The largest absolute Gasteiger partial charge is 0.397 e. The third-order valence-corrected chi connectivity index (χ3v) is 7.10. The van der Waals surface area contributed by atoms with Gasteiger partial charge in [-0.3, -0.25) is 9.35 Å². The standard InChI is InChI=1S/C20H34N4O15S/c1-6-4-9(39-40(31,32)33)13(28)19(34-6)37-16-10(5-25)36-18(23-24-21)11(22-8(3)26)17(16)38-20-15(30)14(29)12(27)7(2)35-20/h6-7,9-20,25,27-30H,4-5H2,1-3H3,(H,22,26)(H,31,32,33)/t6-,7+,9+,10-,11-,12-,13-,14-,15+,16-,17-,18-,19+,20+/m1/s1. The van der Waals surface area contributed by atoms with E-state index in [0.717, 1.165) is 6.92 Å². The van der Waals surface area contributed by atoms with Gasteiger partial charge in [-0.15, -0.1) is 0 Å². The summed E-state index contributed by atoms with van der Waals surface area (Å²) in [5.74, 6) is -0.653. The topological polar surface area (TPSA) is 289 Å². The van der Waals surface area contributed by atoms with E-state index >= 15 is 0 Å². The first-order chi connectivity index (χ1) is 18.7. The maximum Gasteiger partial charge on any atom is 0.397 e. The maximum atomic E-state index is 12.1. The normalized spacial score (nSPS) is 44.4. The van der Waals surface area contributed by atoms with Crippen LogP contribution in [0.15, 0.2) is 5.11 Å². The van der Waals surface area contributed by atoms with E-state index in [-0.39, 0.29) is 6.42 Å². The molecule has 1 amide bonds. The molecule has 3 heterocycles. The van der Waals surface area contributed by atoms with Gasteiger partial charge in [0.05, 0.1) is 24.9 Å². The van der Waals surface area contributed by atoms with Crippen LogP contribution in [0.1, 0.15) is 27.2 Å². The summed E-state index contributed by atoms with van der Waals surface area (Å²) < 4.78 is 64.7. The summed E-state index contributed by atoms with van der Waals surface area (Å²) in [6.45, 7) is 3.21. The second-order valence-electron chi connectivity index (χ2n) is 9.67. The van der Waals surface area contributed by atoms with Crippen molar-refractivity contribution in [3.8, 4) is 0 Å². The van der Waals surface area contributed by atoms with Crippen LogP contribution in [-0.4, -0.2) is 137 Å². The number of nitrogens with zero attached hydrogens (tertiary/aromatic N) is 3. The summed E-state index contributed by atoms with van der Waals surface area (Å²) >= 11 is 0. The van der Waals surface area contributed by atoms with Gasteiger partial charge in [0.2, 0.25) is 5.91 Å². The number of aliphatic hydroxyl groups is 5. The molecule has 20 heteroatoms. The molecular weight excluding hydrogens is 568 g/mol. The van der Waals surface area contributed by atoms with Crippen LogP contribution in [-0.2, 0) is 43.1 Å². The second kappa shape index (κ2) is 13.5. The number of carbonyl (C=O) groups is 1. The van der Waals surface area contributed by atoms with Gasteiger partial charge in [0, 0.05) is 18.3 Å². The number of carbonyl (C=O) groups excluding carboxylic acids is 1. The molecule has 3 rings (SSSR count). The fourth-order valence-electron chi connectivity index (χ4n) is 4.74. The Hall–Kier alpha value is -1.75. The first kappa shape index (κ1) is 32.8. The molecule has 0 aromatic carbocycles. The number of azide groups is 1. The van der Waals surface area contributed by atoms with E-state index in [2.05, 4.69) is 19.5 Å². The van der Waals surface area contributed by atoms with E-state index < -0.39 is 109 Å². The number of aliphatic hydroxyl groups excluding tert-OH is 5. The van der Waals surface area contributed by atoms with E-state index in [4.69, 9.17) is 33.8 Å². The Bertz CT molecular complexity index is 1030. The minimum absolute atomic E-state index is 0.168. The Morgan fingerprint density at radius 2 is 1.65 bits per heavy atom. The van der Waals surface area contributed by atoms with Gasteiger partial charge in [-0.2, -0.15) is 8.42 Å². The van der Waals surface area contributed by atoms with Crippen molar-refractivity contribution in [2.24, 2.45) is 5.11 Å². The zero-order valence-electron chi connectivity index (χ0n) is 21.6. The Kier molecular flexibility index (Phi) is 11.0. The van der Waals surface area contributed by atoms with E-state index in [1.165, 1.54) is 13.8 Å². The molecule has 0 bridgehead atoms. The second-order valence-corrected chi connectivity index (χ2v) is 10.7. The molecular formula is C20H34N4O15S. The van der Waals surface area contributed by atoms with Crippen molar-refractivity contribution in [2.45, 2.75) is 113 Å². The number of ether oxygens (including phenoxy) is 5.